The van der Waals surface area contributed by atoms with Crippen LogP contribution in [-0.2, 0) is 6.42 Å². The normalized spacial score (nSPS) is 11.0. The molecule has 0 aliphatic rings. The molecule has 3 heterocycles. The molecule has 1 aromatic carbocycles. The number of aryl methyl sites for hydroxylation is 1. The second-order valence-corrected chi connectivity index (χ2v) is 6.35. The molecule has 0 saturated heterocycles. The van der Waals surface area contributed by atoms with Crippen molar-refractivity contribution in [3.05, 3.63) is 77.7 Å². The molecule has 0 fully saturated rings. The Labute approximate surface area is 156 Å². The molecule has 4 rings (SSSR count). The minimum atomic E-state index is 0.574. The maximum atomic E-state index is 6.10. The van der Waals surface area contributed by atoms with Gasteiger partial charge in [0.05, 0.1) is 18.5 Å². The van der Waals surface area contributed by atoms with Gasteiger partial charge in [-0.25, -0.2) is 9.50 Å². The van der Waals surface area contributed by atoms with E-state index in [4.69, 9.17) is 16.3 Å². The lowest BCUT2D eigenvalue weighted by molar-refractivity contribution is 0.295. The molecule has 0 aliphatic heterocycles. The average molecular weight is 365 g/mol. The smallest absolute Gasteiger partial charge is 0.231 e. The van der Waals surface area contributed by atoms with Gasteiger partial charge in [0.2, 0.25) is 5.88 Å². The van der Waals surface area contributed by atoms with Crippen LogP contribution in [0.2, 0.25) is 5.02 Å². The number of hydrogen-bond acceptors (Lipinski definition) is 4. The van der Waals surface area contributed by atoms with Gasteiger partial charge < -0.3 is 4.74 Å². The van der Waals surface area contributed by atoms with E-state index in [2.05, 4.69) is 21.1 Å². The number of ether oxygens (including phenoxy) is 1. The van der Waals surface area contributed by atoms with E-state index in [1.165, 1.54) is 5.56 Å². The summed E-state index contributed by atoms with van der Waals surface area (Å²) in [5, 5.41) is 5.24. The lowest BCUT2D eigenvalue weighted by Gasteiger charge is -2.07. The Morgan fingerprint density at radius 2 is 2.00 bits per heavy atom. The first-order chi connectivity index (χ1) is 12.8. The number of hydrogen-bond donors (Lipinski definition) is 0. The van der Waals surface area contributed by atoms with Crippen LogP contribution in [0.5, 0.6) is 5.88 Å². The van der Waals surface area contributed by atoms with Crippen LogP contribution in [0.15, 0.2) is 67.1 Å². The van der Waals surface area contributed by atoms with Crippen molar-refractivity contribution in [2.75, 3.05) is 6.61 Å². The van der Waals surface area contributed by atoms with Crippen LogP contribution in [0.4, 0.5) is 0 Å². The molecule has 0 unspecified atom stereocenters. The Kier molecular flexibility index (Phi) is 4.80. The summed E-state index contributed by atoms with van der Waals surface area (Å²) in [7, 11) is 0. The van der Waals surface area contributed by atoms with Crippen molar-refractivity contribution in [2.45, 2.75) is 12.8 Å². The lowest BCUT2D eigenvalue weighted by Crippen LogP contribution is -2.04. The molecule has 0 atom stereocenters. The fourth-order valence-corrected chi connectivity index (χ4v) is 2.97. The molecule has 0 amide bonds. The van der Waals surface area contributed by atoms with Gasteiger partial charge in [-0.15, -0.1) is 5.10 Å². The average Bonchev–Trinajstić information content (AvgIpc) is 3.09. The number of nitrogens with zero attached hydrogens (tertiary/aromatic N) is 4. The minimum absolute atomic E-state index is 0.574. The number of rotatable bonds is 6. The highest BCUT2D eigenvalue weighted by Gasteiger charge is 2.09. The zero-order valence-corrected chi connectivity index (χ0v) is 14.8. The number of imidazole rings is 1. The highest BCUT2D eigenvalue weighted by atomic mass is 35.5. The summed E-state index contributed by atoms with van der Waals surface area (Å²) in [5.74, 6) is 0.574. The molecular formula is C20H17ClN4O. The second-order valence-electron chi connectivity index (χ2n) is 5.91. The number of pyridine rings is 1. The first-order valence-corrected chi connectivity index (χ1v) is 8.80. The number of aromatic nitrogens is 4. The van der Waals surface area contributed by atoms with E-state index in [1.807, 2.05) is 48.7 Å². The maximum absolute atomic E-state index is 6.10. The van der Waals surface area contributed by atoms with Gasteiger partial charge in [0, 0.05) is 29.0 Å². The monoisotopic (exact) mass is 364 g/mol. The zero-order valence-electron chi connectivity index (χ0n) is 14.0. The molecule has 0 aliphatic carbocycles. The van der Waals surface area contributed by atoms with Crippen LogP contribution in [0.3, 0.4) is 0 Å². The van der Waals surface area contributed by atoms with E-state index < -0.39 is 0 Å². The standard InChI is InChI=1S/C20H17ClN4O/c21-17-7-1-6-16(12-17)18-14-23-19-8-9-20(24-25(18)19)26-11-3-5-15-4-2-10-22-13-15/h1-2,4,6-10,12-14H,3,5,11H2. The molecular weight excluding hydrogens is 348 g/mol. The summed E-state index contributed by atoms with van der Waals surface area (Å²) in [4.78, 5) is 8.52. The highest BCUT2D eigenvalue weighted by Crippen LogP contribution is 2.24. The van der Waals surface area contributed by atoms with E-state index in [-0.39, 0.29) is 0 Å². The molecule has 4 aromatic rings. The van der Waals surface area contributed by atoms with E-state index in [0.717, 1.165) is 29.7 Å². The SMILES string of the molecule is Clc1cccc(-c2cnc3ccc(OCCCc4cccnc4)nn23)c1. The maximum Gasteiger partial charge on any atom is 0.231 e. The van der Waals surface area contributed by atoms with E-state index in [0.29, 0.717) is 17.5 Å². The topological polar surface area (TPSA) is 52.3 Å². The van der Waals surface area contributed by atoms with Crippen molar-refractivity contribution >= 4 is 17.2 Å². The van der Waals surface area contributed by atoms with Gasteiger partial charge in [0.25, 0.3) is 0 Å². The second kappa shape index (κ2) is 7.54. The molecule has 0 radical (unpaired) electrons. The van der Waals surface area contributed by atoms with Gasteiger partial charge >= 0.3 is 0 Å². The minimum Gasteiger partial charge on any atom is -0.477 e. The van der Waals surface area contributed by atoms with Crippen molar-refractivity contribution < 1.29 is 4.74 Å². The summed E-state index contributed by atoms with van der Waals surface area (Å²) in [6, 6.07) is 15.4. The number of fused-ring (bicyclic) bond motifs is 1. The van der Waals surface area contributed by atoms with Gasteiger partial charge in [0.15, 0.2) is 5.65 Å². The van der Waals surface area contributed by atoms with Crippen molar-refractivity contribution in [1.82, 2.24) is 19.6 Å². The molecule has 6 heteroatoms. The van der Waals surface area contributed by atoms with Crippen LogP contribution < -0.4 is 4.74 Å². The van der Waals surface area contributed by atoms with E-state index in [1.54, 1.807) is 16.9 Å². The van der Waals surface area contributed by atoms with Crippen molar-refractivity contribution in [3.8, 4) is 17.1 Å². The number of benzene rings is 1. The molecule has 0 N–H and O–H groups in total. The number of halogens is 1. The van der Waals surface area contributed by atoms with Gasteiger partial charge in [0.1, 0.15) is 0 Å². The summed E-state index contributed by atoms with van der Waals surface area (Å²) in [6.45, 7) is 0.592. The van der Waals surface area contributed by atoms with Gasteiger partial charge in [-0.05, 0) is 42.7 Å². The first-order valence-electron chi connectivity index (χ1n) is 8.42. The Balaban J connectivity index is 1.47. The fraction of sp³-hybridized carbons (Fsp3) is 0.150. The molecule has 130 valence electrons. The Morgan fingerprint density at radius 1 is 1.04 bits per heavy atom. The van der Waals surface area contributed by atoms with Crippen LogP contribution in [-0.4, -0.2) is 26.2 Å². The van der Waals surface area contributed by atoms with Crippen LogP contribution >= 0.6 is 11.6 Å². The Morgan fingerprint density at radius 3 is 2.85 bits per heavy atom. The lowest BCUT2D eigenvalue weighted by atomic mass is 10.2. The third kappa shape index (κ3) is 3.68. The quantitative estimate of drug-likeness (QED) is 0.474. The predicted molar refractivity (Wildman–Crippen MR) is 101 cm³/mol. The Bertz CT molecular complexity index is 1020. The molecule has 3 aromatic heterocycles. The van der Waals surface area contributed by atoms with Gasteiger partial charge in [-0.1, -0.05) is 29.8 Å². The predicted octanol–water partition coefficient (Wildman–Crippen LogP) is 4.46. The first kappa shape index (κ1) is 16.5. The van der Waals surface area contributed by atoms with Crippen LogP contribution in [0.1, 0.15) is 12.0 Å². The molecule has 5 nitrogen and oxygen atoms in total. The van der Waals surface area contributed by atoms with Crippen LogP contribution in [0.25, 0.3) is 16.9 Å². The zero-order chi connectivity index (χ0) is 17.8. The largest absolute Gasteiger partial charge is 0.477 e. The highest BCUT2D eigenvalue weighted by molar-refractivity contribution is 6.30. The van der Waals surface area contributed by atoms with E-state index in [9.17, 15) is 0 Å². The van der Waals surface area contributed by atoms with E-state index >= 15 is 0 Å². The van der Waals surface area contributed by atoms with Gasteiger partial charge in [-0.3, -0.25) is 4.98 Å². The fourth-order valence-electron chi connectivity index (χ4n) is 2.78. The Hall–Kier alpha value is -2.92. The van der Waals surface area contributed by atoms with Crippen LogP contribution in [0, 0.1) is 0 Å². The summed E-state index contributed by atoms with van der Waals surface area (Å²) >= 11 is 6.10. The molecule has 26 heavy (non-hydrogen) atoms. The van der Waals surface area contributed by atoms with Crippen molar-refractivity contribution in [3.63, 3.8) is 0 Å². The van der Waals surface area contributed by atoms with Crippen molar-refractivity contribution in [2.24, 2.45) is 0 Å². The third-order valence-electron chi connectivity index (χ3n) is 4.04. The molecule has 0 saturated carbocycles. The third-order valence-corrected chi connectivity index (χ3v) is 4.28. The summed E-state index contributed by atoms with van der Waals surface area (Å²) in [6.07, 6.45) is 7.28. The molecule has 0 bridgehead atoms. The summed E-state index contributed by atoms with van der Waals surface area (Å²) < 4.78 is 7.59. The summed E-state index contributed by atoms with van der Waals surface area (Å²) in [5.41, 5.74) is 3.81. The molecule has 0 spiro atoms. The van der Waals surface area contributed by atoms with Crippen molar-refractivity contribution in [1.29, 1.82) is 0 Å². The van der Waals surface area contributed by atoms with Gasteiger partial charge in [-0.2, -0.15) is 0 Å².